The SMILES string of the molecule is Cn1nc(-c2cccc(F)c2Cl)c(-c2ccccn2)c1N. The Morgan fingerprint density at radius 1 is 1.19 bits per heavy atom. The Bertz CT molecular complexity index is 799. The van der Waals surface area contributed by atoms with Crippen LogP contribution in [0.1, 0.15) is 0 Å². The summed E-state index contributed by atoms with van der Waals surface area (Å²) in [6, 6.07) is 10.1. The maximum atomic E-state index is 13.7. The van der Waals surface area contributed by atoms with Crippen molar-refractivity contribution in [2.45, 2.75) is 0 Å². The van der Waals surface area contributed by atoms with Crippen molar-refractivity contribution in [3.05, 3.63) is 53.4 Å². The highest BCUT2D eigenvalue weighted by Crippen LogP contribution is 2.38. The quantitative estimate of drug-likeness (QED) is 0.788. The molecule has 6 heteroatoms. The normalized spacial score (nSPS) is 10.8. The van der Waals surface area contributed by atoms with E-state index < -0.39 is 5.82 Å². The highest BCUT2D eigenvalue weighted by atomic mass is 35.5. The Morgan fingerprint density at radius 2 is 2.00 bits per heavy atom. The number of nitrogen functional groups attached to an aromatic ring is 1. The van der Waals surface area contributed by atoms with E-state index >= 15 is 0 Å². The zero-order valence-corrected chi connectivity index (χ0v) is 12.0. The molecule has 21 heavy (non-hydrogen) atoms. The van der Waals surface area contributed by atoms with Crippen LogP contribution in [-0.2, 0) is 7.05 Å². The molecule has 0 spiro atoms. The van der Waals surface area contributed by atoms with Crippen LogP contribution in [-0.4, -0.2) is 14.8 Å². The summed E-state index contributed by atoms with van der Waals surface area (Å²) in [4.78, 5) is 4.29. The molecule has 0 aliphatic carbocycles. The van der Waals surface area contributed by atoms with Gasteiger partial charge in [-0.05, 0) is 18.2 Å². The van der Waals surface area contributed by atoms with E-state index in [1.54, 1.807) is 25.4 Å². The lowest BCUT2D eigenvalue weighted by Gasteiger charge is -2.05. The number of pyridine rings is 1. The maximum Gasteiger partial charge on any atom is 0.142 e. The summed E-state index contributed by atoms with van der Waals surface area (Å²) in [5.74, 6) is -0.0469. The topological polar surface area (TPSA) is 56.7 Å². The minimum absolute atomic E-state index is 0.0211. The van der Waals surface area contributed by atoms with E-state index in [0.29, 0.717) is 28.3 Å². The Labute approximate surface area is 126 Å². The molecule has 0 saturated heterocycles. The minimum Gasteiger partial charge on any atom is -0.383 e. The largest absolute Gasteiger partial charge is 0.383 e. The number of aryl methyl sites for hydroxylation is 1. The van der Waals surface area contributed by atoms with Crippen LogP contribution < -0.4 is 5.73 Å². The van der Waals surface area contributed by atoms with Crippen molar-refractivity contribution in [2.75, 3.05) is 5.73 Å². The van der Waals surface area contributed by atoms with E-state index in [0.717, 1.165) is 0 Å². The van der Waals surface area contributed by atoms with Gasteiger partial charge in [0.15, 0.2) is 0 Å². The first-order valence-electron chi connectivity index (χ1n) is 6.28. The van der Waals surface area contributed by atoms with E-state index in [-0.39, 0.29) is 5.02 Å². The van der Waals surface area contributed by atoms with Crippen molar-refractivity contribution in [2.24, 2.45) is 7.05 Å². The number of anilines is 1. The van der Waals surface area contributed by atoms with Gasteiger partial charge in [0.2, 0.25) is 0 Å². The first-order chi connectivity index (χ1) is 10.1. The molecule has 2 aromatic heterocycles. The smallest absolute Gasteiger partial charge is 0.142 e. The van der Waals surface area contributed by atoms with Gasteiger partial charge in [-0.1, -0.05) is 29.8 Å². The number of hydrogen-bond acceptors (Lipinski definition) is 3. The van der Waals surface area contributed by atoms with Crippen molar-refractivity contribution in [3.8, 4) is 22.5 Å². The Hall–Kier alpha value is -2.40. The van der Waals surface area contributed by atoms with Gasteiger partial charge >= 0.3 is 0 Å². The monoisotopic (exact) mass is 302 g/mol. The van der Waals surface area contributed by atoms with E-state index in [4.69, 9.17) is 17.3 Å². The number of rotatable bonds is 2. The van der Waals surface area contributed by atoms with Crippen LogP contribution in [0.15, 0.2) is 42.6 Å². The van der Waals surface area contributed by atoms with Gasteiger partial charge in [0.1, 0.15) is 17.3 Å². The lowest BCUT2D eigenvalue weighted by Crippen LogP contribution is -1.98. The second kappa shape index (κ2) is 5.18. The fraction of sp³-hybridized carbons (Fsp3) is 0.0667. The number of nitrogens with two attached hydrogens (primary N) is 1. The number of hydrogen-bond donors (Lipinski definition) is 1. The second-order valence-corrected chi connectivity index (χ2v) is 4.93. The Kier molecular flexibility index (Phi) is 3.35. The zero-order chi connectivity index (χ0) is 15.0. The van der Waals surface area contributed by atoms with Crippen molar-refractivity contribution < 1.29 is 4.39 Å². The summed E-state index contributed by atoms with van der Waals surface area (Å²) < 4.78 is 15.2. The third kappa shape index (κ3) is 2.25. The molecule has 3 aromatic rings. The molecule has 2 heterocycles. The third-order valence-electron chi connectivity index (χ3n) is 3.22. The first-order valence-corrected chi connectivity index (χ1v) is 6.65. The van der Waals surface area contributed by atoms with Crippen LogP contribution >= 0.6 is 11.6 Å². The van der Waals surface area contributed by atoms with Gasteiger partial charge in [-0.3, -0.25) is 9.67 Å². The molecule has 0 bridgehead atoms. The van der Waals surface area contributed by atoms with Crippen LogP contribution in [0.5, 0.6) is 0 Å². The molecule has 106 valence electrons. The fourth-order valence-electron chi connectivity index (χ4n) is 2.18. The van der Waals surface area contributed by atoms with Gasteiger partial charge in [-0.15, -0.1) is 0 Å². The highest BCUT2D eigenvalue weighted by molar-refractivity contribution is 6.33. The lowest BCUT2D eigenvalue weighted by atomic mass is 10.0. The van der Waals surface area contributed by atoms with Gasteiger partial charge in [0.25, 0.3) is 0 Å². The number of nitrogens with zero attached hydrogens (tertiary/aromatic N) is 3. The molecule has 0 radical (unpaired) electrons. The standard InChI is InChI=1S/C15H12ClFN4/c1-21-15(18)12(11-7-2-3-8-19-11)14(20-21)9-5-4-6-10(17)13(9)16/h2-8H,18H2,1H3. The summed E-state index contributed by atoms with van der Waals surface area (Å²) in [5, 5.41) is 4.38. The molecule has 4 nitrogen and oxygen atoms in total. The van der Waals surface area contributed by atoms with Crippen LogP contribution in [0.3, 0.4) is 0 Å². The highest BCUT2D eigenvalue weighted by Gasteiger charge is 2.21. The fourth-order valence-corrected chi connectivity index (χ4v) is 2.39. The third-order valence-corrected chi connectivity index (χ3v) is 3.60. The maximum absolute atomic E-state index is 13.7. The Morgan fingerprint density at radius 3 is 2.71 bits per heavy atom. The molecule has 0 aliphatic heterocycles. The molecule has 2 N–H and O–H groups in total. The van der Waals surface area contributed by atoms with E-state index in [2.05, 4.69) is 10.1 Å². The lowest BCUT2D eigenvalue weighted by molar-refractivity contribution is 0.628. The molecule has 3 rings (SSSR count). The zero-order valence-electron chi connectivity index (χ0n) is 11.2. The molecule has 0 fully saturated rings. The average Bonchev–Trinajstić information content (AvgIpc) is 2.78. The molecule has 0 amide bonds. The predicted molar refractivity (Wildman–Crippen MR) is 81.3 cm³/mol. The molecule has 0 unspecified atom stereocenters. The number of benzene rings is 1. The first kappa shape index (κ1) is 13.6. The van der Waals surface area contributed by atoms with Crippen molar-refractivity contribution in [1.29, 1.82) is 0 Å². The summed E-state index contributed by atoms with van der Waals surface area (Å²) in [7, 11) is 1.72. The van der Waals surface area contributed by atoms with Gasteiger partial charge in [0.05, 0.1) is 16.3 Å². The second-order valence-electron chi connectivity index (χ2n) is 4.55. The number of halogens is 2. The number of aromatic nitrogens is 3. The van der Waals surface area contributed by atoms with Gasteiger partial charge in [0, 0.05) is 18.8 Å². The van der Waals surface area contributed by atoms with Crippen LogP contribution in [0.4, 0.5) is 10.2 Å². The summed E-state index contributed by atoms with van der Waals surface area (Å²) in [6.07, 6.45) is 1.67. The minimum atomic E-state index is -0.495. The van der Waals surface area contributed by atoms with Gasteiger partial charge in [-0.2, -0.15) is 5.10 Å². The van der Waals surface area contributed by atoms with E-state index in [9.17, 15) is 4.39 Å². The van der Waals surface area contributed by atoms with Crippen LogP contribution in [0.25, 0.3) is 22.5 Å². The molecule has 0 atom stereocenters. The average molecular weight is 303 g/mol. The van der Waals surface area contributed by atoms with E-state index in [1.807, 2.05) is 18.2 Å². The van der Waals surface area contributed by atoms with E-state index in [1.165, 1.54) is 10.7 Å². The molecule has 1 aromatic carbocycles. The van der Waals surface area contributed by atoms with Gasteiger partial charge in [-0.25, -0.2) is 4.39 Å². The van der Waals surface area contributed by atoms with Crippen molar-refractivity contribution in [1.82, 2.24) is 14.8 Å². The van der Waals surface area contributed by atoms with Crippen molar-refractivity contribution in [3.63, 3.8) is 0 Å². The predicted octanol–water partition coefficient (Wildman–Crippen LogP) is 3.52. The molecule has 0 aliphatic rings. The van der Waals surface area contributed by atoms with Gasteiger partial charge < -0.3 is 5.73 Å². The summed E-state index contributed by atoms with van der Waals surface area (Å²) in [5.41, 5.74) is 8.40. The molecule has 0 saturated carbocycles. The molecular formula is C15H12ClFN4. The van der Waals surface area contributed by atoms with Crippen LogP contribution in [0.2, 0.25) is 5.02 Å². The Balaban J connectivity index is 2.30. The summed E-state index contributed by atoms with van der Waals surface area (Å²) in [6.45, 7) is 0. The summed E-state index contributed by atoms with van der Waals surface area (Å²) >= 11 is 6.06. The van der Waals surface area contributed by atoms with Crippen LogP contribution in [0, 0.1) is 5.82 Å². The van der Waals surface area contributed by atoms with Crippen molar-refractivity contribution >= 4 is 17.4 Å². The molecular weight excluding hydrogens is 291 g/mol.